The summed E-state index contributed by atoms with van der Waals surface area (Å²) in [5.74, 6) is 1.59. The van der Waals surface area contributed by atoms with E-state index in [4.69, 9.17) is 21.9 Å². The highest BCUT2D eigenvalue weighted by Crippen LogP contribution is 2.43. The molecule has 0 radical (unpaired) electrons. The summed E-state index contributed by atoms with van der Waals surface area (Å²) < 4.78 is 8.45. The van der Waals surface area contributed by atoms with Crippen LogP contribution in [0.4, 0.5) is 5.69 Å². The van der Waals surface area contributed by atoms with Crippen molar-refractivity contribution in [3.8, 4) is 11.5 Å². The third-order valence-electron chi connectivity index (χ3n) is 7.49. The first-order valence-electron chi connectivity index (χ1n) is 13.4. The van der Waals surface area contributed by atoms with E-state index in [9.17, 15) is 0 Å². The van der Waals surface area contributed by atoms with E-state index < -0.39 is 0 Å². The Morgan fingerprint density at radius 3 is 2.23 bits per heavy atom. The lowest BCUT2D eigenvalue weighted by molar-refractivity contribution is 0.482. The van der Waals surface area contributed by atoms with E-state index in [0.29, 0.717) is 5.11 Å². The maximum absolute atomic E-state index is 6.09. The van der Waals surface area contributed by atoms with Gasteiger partial charge in [-0.25, -0.2) is 0 Å². The Morgan fingerprint density at radius 1 is 0.850 bits per heavy atom. The number of hydrogen-bond acceptors (Lipinski definition) is 4. The molecule has 2 aromatic carbocycles. The lowest BCUT2D eigenvalue weighted by Crippen LogP contribution is -2.29. The normalized spacial score (nSPS) is 16.7. The van der Waals surface area contributed by atoms with Gasteiger partial charge in [0.1, 0.15) is 11.5 Å². The Kier molecular flexibility index (Phi) is 7.05. The van der Waals surface area contributed by atoms with Gasteiger partial charge in [-0.05, 0) is 111 Å². The van der Waals surface area contributed by atoms with E-state index in [1.807, 2.05) is 67.1 Å². The highest BCUT2D eigenvalue weighted by atomic mass is 32.1. The number of pyridine rings is 2. The molecule has 1 aliphatic rings. The maximum Gasteiger partial charge on any atom is 0.174 e. The minimum atomic E-state index is -0.105. The zero-order valence-corrected chi connectivity index (χ0v) is 23.6. The number of hydrogen-bond donors (Lipinski definition) is 1. The molecule has 0 spiro atoms. The Bertz CT molecular complexity index is 1620. The van der Waals surface area contributed by atoms with Gasteiger partial charge in [0.25, 0.3) is 0 Å². The predicted octanol–water partition coefficient (Wildman–Crippen LogP) is 7.22. The number of nitrogens with one attached hydrogen (secondary N) is 1. The van der Waals surface area contributed by atoms with E-state index in [0.717, 1.165) is 29.4 Å². The molecule has 0 bridgehead atoms. The average molecular weight is 546 g/mol. The number of aryl methyl sites for hydroxylation is 2. The first-order valence-corrected chi connectivity index (χ1v) is 13.8. The van der Waals surface area contributed by atoms with Gasteiger partial charge < -0.3 is 19.5 Å². The molecule has 1 fully saturated rings. The number of ether oxygens (including phenoxy) is 1. The highest BCUT2D eigenvalue weighted by Gasteiger charge is 2.42. The smallest absolute Gasteiger partial charge is 0.174 e. The van der Waals surface area contributed by atoms with Crippen molar-refractivity contribution in [2.75, 3.05) is 4.90 Å². The molecule has 0 saturated carbocycles. The number of rotatable bonds is 7. The molecule has 200 valence electrons. The van der Waals surface area contributed by atoms with Gasteiger partial charge in [-0.1, -0.05) is 23.8 Å². The topological polar surface area (TPSA) is 55.2 Å². The van der Waals surface area contributed by atoms with Crippen LogP contribution in [0, 0.1) is 20.8 Å². The third-order valence-corrected chi connectivity index (χ3v) is 7.81. The molecule has 1 N–H and O–H groups in total. The van der Waals surface area contributed by atoms with Crippen molar-refractivity contribution in [2.45, 2.75) is 39.4 Å². The number of nitrogens with zero attached hydrogens (tertiary/aromatic N) is 4. The Hall–Kier alpha value is -4.49. The zero-order valence-electron chi connectivity index (χ0n) is 22.8. The van der Waals surface area contributed by atoms with Gasteiger partial charge in [0.2, 0.25) is 0 Å². The van der Waals surface area contributed by atoms with Crippen LogP contribution >= 0.6 is 12.2 Å². The summed E-state index contributed by atoms with van der Waals surface area (Å²) in [5.41, 5.74) is 7.98. The van der Waals surface area contributed by atoms with Crippen molar-refractivity contribution >= 4 is 23.0 Å². The van der Waals surface area contributed by atoms with E-state index in [1.165, 1.54) is 28.1 Å². The fourth-order valence-corrected chi connectivity index (χ4v) is 5.75. The molecule has 3 aromatic heterocycles. The Morgan fingerprint density at radius 2 is 1.55 bits per heavy atom. The molecule has 1 saturated heterocycles. The highest BCUT2D eigenvalue weighted by molar-refractivity contribution is 7.80. The van der Waals surface area contributed by atoms with Gasteiger partial charge >= 0.3 is 0 Å². The third kappa shape index (κ3) is 5.08. The molecule has 2 atom stereocenters. The lowest BCUT2D eigenvalue weighted by atomic mass is 9.96. The minimum Gasteiger partial charge on any atom is -0.457 e. The molecule has 5 aromatic rings. The lowest BCUT2D eigenvalue weighted by Gasteiger charge is -2.28. The van der Waals surface area contributed by atoms with Crippen LogP contribution in [-0.2, 0) is 6.54 Å². The zero-order chi connectivity index (χ0) is 27.6. The second-order valence-electron chi connectivity index (χ2n) is 10.2. The summed E-state index contributed by atoms with van der Waals surface area (Å²) in [6, 6.07) is 28.5. The number of aromatic nitrogens is 3. The SMILES string of the molecule is Cc1ccc(Oc2ccc(N3C(=S)N[C@@H](c4ccccn4)[C@H]3c3cc(C)n(Cc4ccncc4)c3C)cc2)cc1. The van der Waals surface area contributed by atoms with Crippen molar-refractivity contribution < 1.29 is 4.74 Å². The van der Waals surface area contributed by atoms with Gasteiger partial charge in [-0.2, -0.15) is 0 Å². The summed E-state index contributed by atoms with van der Waals surface area (Å²) in [5, 5.41) is 4.25. The van der Waals surface area contributed by atoms with Crippen LogP contribution in [0.2, 0.25) is 0 Å². The van der Waals surface area contributed by atoms with E-state index in [2.05, 4.69) is 76.9 Å². The van der Waals surface area contributed by atoms with Crippen molar-refractivity contribution in [1.29, 1.82) is 0 Å². The first-order chi connectivity index (χ1) is 19.5. The second-order valence-corrected chi connectivity index (χ2v) is 10.6. The summed E-state index contributed by atoms with van der Waals surface area (Å²) >= 11 is 5.96. The molecule has 0 unspecified atom stereocenters. The van der Waals surface area contributed by atoms with Gasteiger partial charge in [0.05, 0.1) is 17.8 Å². The van der Waals surface area contributed by atoms with Crippen LogP contribution in [0.1, 0.15) is 45.9 Å². The maximum atomic E-state index is 6.09. The summed E-state index contributed by atoms with van der Waals surface area (Å²) in [6.07, 6.45) is 5.52. The van der Waals surface area contributed by atoms with E-state index >= 15 is 0 Å². The van der Waals surface area contributed by atoms with Gasteiger partial charge in [0, 0.05) is 42.2 Å². The van der Waals surface area contributed by atoms with Gasteiger partial charge in [0.15, 0.2) is 5.11 Å². The second kappa shape index (κ2) is 10.9. The summed E-state index contributed by atoms with van der Waals surface area (Å²) in [7, 11) is 0. The average Bonchev–Trinajstić information content (AvgIpc) is 3.46. The van der Waals surface area contributed by atoms with Crippen LogP contribution in [0.3, 0.4) is 0 Å². The fourth-order valence-electron chi connectivity index (χ4n) is 5.41. The summed E-state index contributed by atoms with van der Waals surface area (Å²) in [6.45, 7) is 7.20. The molecule has 0 aliphatic carbocycles. The molecule has 1 aliphatic heterocycles. The Balaban J connectivity index is 1.37. The molecule has 0 amide bonds. The van der Waals surface area contributed by atoms with Crippen LogP contribution in [0.25, 0.3) is 0 Å². The largest absolute Gasteiger partial charge is 0.457 e. The molecule has 6 nitrogen and oxygen atoms in total. The minimum absolute atomic E-state index is 0.0799. The quantitative estimate of drug-likeness (QED) is 0.218. The molecule has 6 rings (SSSR count). The van der Waals surface area contributed by atoms with Crippen LogP contribution in [0.5, 0.6) is 11.5 Å². The number of anilines is 1. The number of benzene rings is 2. The van der Waals surface area contributed by atoms with E-state index in [1.54, 1.807) is 0 Å². The molecule has 4 heterocycles. The van der Waals surface area contributed by atoms with E-state index in [-0.39, 0.29) is 12.1 Å². The van der Waals surface area contributed by atoms with Crippen molar-refractivity contribution in [1.82, 2.24) is 19.9 Å². The van der Waals surface area contributed by atoms with Crippen molar-refractivity contribution in [2.24, 2.45) is 0 Å². The standard InChI is InChI=1S/C33H31N5OS/c1-22-7-11-27(12-8-22)39-28-13-9-26(10-14-28)38-32(31(36-33(38)40)30-6-4-5-17-35-30)29-20-23(2)37(24(29)3)21-25-15-18-34-19-16-25/h4-20,31-32H,21H2,1-3H3,(H,36,40)/t31-,32+/m0/s1. The molecular formula is C33H31N5OS. The molecule has 40 heavy (non-hydrogen) atoms. The molecule has 7 heteroatoms. The van der Waals surface area contributed by atoms with Gasteiger partial charge in [-0.3, -0.25) is 9.97 Å². The number of thiocarbonyl (C=S) groups is 1. The summed E-state index contributed by atoms with van der Waals surface area (Å²) in [4.78, 5) is 11.1. The van der Waals surface area contributed by atoms with Crippen LogP contribution in [0.15, 0.2) is 104 Å². The monoisotopic (exact) mass is 545 g/mol. The first kappa shape index (κ1) is 25.8. The van der Waals surface area contributed by atoms with Gasteiger partial charge in [-0.15, -0.1) is 0 Å². The van der Waals surface area contributed by atoms with Crippen LogP contribution < -0.4 is 15.0 Å². The predicted molar refractivity (Wildman–Crippen MR) is 163 cm³/mol. The van der Waals surface area contributed by atoms with Crippen molar-refractivity contribution in [3.05, 3.63) is 137 Å². The fraction of sp³-hybridized carbons (Fsp3) is 0.182. The molecular weight excluding hydrogens is 514 g/mol. The van der Waals surface area contributed by atoms with Crippen molar-refractivity contribution in [3.63, 3.8) is 0 Å². The van der Waals surface area contributed by atoms with Crippen LogP contribution in [-0.4, -0.2) is 19.6 Å². The Labute approximate surface area is 240 Å².